The minimum Gasteiger partial charge on any atom is -0.466 e. The smallest absolute Gasteiger partial charge is 0.105 e. The van der Waals surface area contributed by atoms with E-state index in [0.29, 0.717) is 6.04 Å². The molecule has 2 nitrogen and oxygen atoms in total. The lowest BCUT2D eigenvalue weighted by molar-refractivity contribution is 0.490. The van der Waals surface area contributed by atoms with E-state index in [0.717, 1.165) is 17.9 Å². The third-order valence-corrected chi connectivity index (χ3v) is 3.69. The summed E-state index contributed by atoms with van der Waals surface area (Å²) >= 11 is 1.80. The number of aryl methyl sites for hydroxylation is 2. The van der Waals surface area contributed by atoms with Gasteiger partial charge >= 0.3 is 0 Å². The summed E-state index contributed by atoms with van der Waals surface area (Å²) in [6.07, 6.45) is 1.02. The minimum atomic E-state index is 0.344. The van der Waals surface area contributed by atoms with E-state index in [1.807, 2.05) is 20.9 Å². The van der Waals surface area contributed by atoms with Crippen molar-refractivity contribution in [2.45, 2.75) is 26.3 Å². The molecule has 0 fully saturated rings. The van der Waals surface area contributed by atoms with Crippen LogP contribution >= 0.6 is 11.3 Å². The molecule has 16 heavy (non-hydrogen) atoms. The Labute approximate surface area is 100 Å². The highest BCUT2D eigenvalue weighted by molar-refractivity contribution is 7.09. The Kier molecular flexibility index (Phi) is 3.46. The van der Waals surface area contributed by atoms with Crippen LogP contribution in [0.25, 0.3) is 0 Å². The van der Waals surface area contributed by atoms with Crippen LogP contribution in [0.5, 0.6) is 0 Å². The standard InChI is InChI=1S/C13H17NOS/c1-9-7-12(10(2)15-9)13(14-3)8-11-5-4-6-16-11/h4-7,13-14H,8H2,1-3H3. The normalized spacial score (nSPS) is 12.9. The second-order valence-electron chi connectivity index (χ2n) is 3.99. The Balaban J connectivity index is 2.19. The summed E-state index contributed by atoms with van der Waals surface area (Å²) in [4.78, 5) is 1.40. The first kappa shape index (κ1) is 11.4. The molecule has 0 aliphatic carbocycles. The molecule has 0 saturated heterocycles. The number of thiophene rings is 1. The zero-order valence-corrected chi connectivity index (χ0v) is 10.7. The van der Waals surface area contributed by atoms with E-state index < -0.39 is 0 Å². The lowest BCUT2D eigenvalue weighted by Crippen LogP contribution is -2.18. The highest BCUT2D eigenvalue weighted by Crippen LogP contribution is 2.25. The predicted octanol–water partition coefficient (Wildman–Crippen LogP) is 3.46. The van der Waals surface area contributed by atoms with Crippen LogP contribution in [-0.4, -0.2) is 7.05 Å². The Morgan fingerprint density at radius 3 is 2.75 bits per heavy atom. The molecule has 2 rings (SSSR count). The van der Waals surface area contributed by atoms with Crippen molar-refractivity contribution in [2.75, 3.05) is 7.05 Å². The maximum absolute atomic E-state index is 5.58. The van der Waals surface area contributed by atoms with Gasteiger partial charge in [0.05, 0.1) is 0 Å². The molecule has 2 heterocycles. The third kappa shape index (κ3) is 2.36. The predicted molar refractivity (Wildman–Crippen MR) is 68.0 cm³/mol. The van der Waals surface area contributed by atoms with Crippen LogP contribution in [0.4, 0.5) is 0 Å². The Hall–Kier alpha value is -1.06. The fourth-order valence-corrected chi connectivity index (χ4v) is 2.75. The van der Waals surface area contributed by atoms with Gasteiger partial charge in [0.1, 0.15) is 11.5 Å². The molecule has 3 heteroatoms. The molecule has 0 spiro atoms. The average Bonchev–Trinajstić information content (AvgIpc) is 2.85. The van der Waals surface area contributed by atoms with Crippen LogP contribution in [-0.2, 0) is 6.42 Å². The van der Waals surface area contributed by atoms with Crippen molar-refractivity contribution in [3.8, 4) is 0 Å². The Bertz CT molecular complexity index is 444. The second-order valence-corrected chi connectivity index (χ2v) is 5.03. The van der Waals surface area contributed by atoms with Gasteiger partial charge in [0.15, 0.2) is 0 Å². The summed E-state index contributed by atoms with van der Waals surface area (Å²) in [6, 6.07) is 6.75. The topological polar surface area (TPSA) is 25.2 Å². The molecule has 0 amide bonds. The highest BCUT2D eigenvalue weighted by atomic mass is 32.1. The average molecular weight is 235 g/mol. The number of likely N-dealkylation sites (N-methyl/N-ethyl adjacent to an activating group) is 1. The summed E-state index contributed by atoms with van der Waals surface area (Å²) in [5, 5.41) is 5.48. The van der Waals surface area contributed by atoms with E-state index in [1.165, 1.54) is 10.4 Å². The van der Waals surface area contributed by atoms with Crippen LogP contribution in [0.15, 0.2) is 28.0 Å². The molecular formula is C13H17NOS. The van der Waals surface area contributed by atoms with Crippen molar-refractivity contribution in [3.63, 3.8) is 0 Å². The van der Waals surface area contributed by atoms with Gasteiger partial charge in [-0.2, -0.15) is 0 Å². The van der Waals surface area contributed by atoms with Crippen molar-refractivity contribution in [1.82, 2.24) is 5.32 Å². The van der Waals surface area contributed by atoms with Crippen molar-refractivity contribution in [2.24, 2.45) is 0 Å². The largest absolute Gasteiger partial charge is 0.466 e. The van der Waals surface area contributed by atoms with Gasteiger partial charge in [-0.05, 0) is 38.4 Å². The van der Waals surface area contributed by atoms with Gasteiger partial charge < -0.3 is 9.73 Å². The number of furan rings is 1. The molecule has 0 aliphatic heterocycles. The SMILES string of the molecule is CNC(Cc1cccs1)c1cc(C)oc1C. The van der Waals surface area contributed by atoms with Crippen LogP contribution < -0.4 is 5.32 Å². The number of hydrogen-bond donors (Lipinski definition) is 1. The minimum absolute atomic E-state index is 0.344. The molecule has 0 saturated carbocycles. The number of nitrogens with one attached hydrogen (secondary N) is 1. The molecule has 86 valence electrons. The maximum atomic E-state index is 5.58. The summed E-state index contributed by atoms with van der Waals surface area (Å²) in [5.74, 6) is 2.01. The molecule has 1 atom stereocenters. The maximum Gasteiger partial charge on any atom is 0.105 e. The first-order valence-corrected chi connectivity index (χ1v) is 6.35. The van der Waals surface area contributed by atoms with E-state index in [2.05, 4.69) is 28.9 Å². The number of hydrogen-bond acceptors (Lipinski definition) is 3. The van der Waals surface area contributed by atoms with E-state index in [9.17, 15) is 0 Å². The molecule has 1 unspecified atom stereocenters. The summed E-state index contributed by atoms with van der Waals surface area (Å²) < 4.78 is 5.58. The zero-order chi connectivity index (χ0) is 11.5. The molecular weight excluding hydrogens is 218 g/mol. The van der Waals surface area contributed by atoms with Gasteiger partial charge in [0, 0.05) is 22.9 Å². The van der Waals surface area contributed by atoms with Gasteiger partial charge in [0.25, 0.3) is 0 Å². The molecule has 2 aromatic rings. The fraction of sp³-hybridized carbons (Fsp3) is 0.385. The third-order valence-electron chi connectivity index (χ3n) is 2.79. The second kappa shape index (κ2) is 4.85. The Morgan fingerprint density at radius 2 is 2.25 bits per heavy atom. The summed E-state index contributed by atoms with van der Waals surface area (Å²) in [6.45, 7) is 4.02. The lowest BCUT2D eigenvalue weighted by atomic mass is 10.0. The van der Waals surface area contributed by atoms with Gasteiger partial charge in [-0.15, -0.1) is 11.3 Å². The highest BCUT2D eigenvalue weighted by Gasteiger charge is 2.16. The van der Waals surface area contributed by atoms with Gasteiger partial charge in [-0.1, -0.05) is 6.07 Å². The van der Waals surface area contributed by atoms with Crippen molar-refractivity contribution in [1.29, 1.82) is 0 Å². The molecule has 0 bridgehead atoms. The first-order chi connectivity index (χ1) is 7.70. The van der Waals surface area contributed by atoms with E-state index in [-0.39, 0.29) is 0 Å². The quantitative estimate of drug-likeness (QED) is 0.878. The van der Waals surface area contributed by atoms with Crippen molar-refractivity contribution in [3.05, 3.63) is 45.5 Å². The number of rotatable bonds is 4. The summed E-state index contributed by atoms with van der Waals surface area (Å²) in [5.41, 5.74) is 1.27. The van der Waals surface area contributed by atoms with Crippen molar-refractivity contribution >= 4 is 11.3 Å². The van der Waals surface area contributed by atoms with Crippen LogP contribution in [0.3, 0.4) is 0 Å². The van der Waals surface area contributed by atoms with Crippen molar-refractivity contribution < 1.29 is 4.42 Å². The zero-order valence-electron chi connectivity index (χ0n) is 9.91. The van der Waals surface area contributed by atoms with Gasteiger partial charge in [-0.25, -0.2) is 0 Å². The van der Waals surface area contributed by atoms with E-state index >= 15 is 0 Å². The summed E-state index contributed by atoms with van der Waals surface area (Å²) in [7, 11) is 2.00. The molecule has 0 aliphatic rings. The van der Waals surface area contributed by atoms with Crippen LogP contribution in [0, 0.1) is 13.8 Å². The molecule has 0 aromatic carbocycles. The Morgan fingerprint density at radius 1 is 1.44 bits per heavy atom. The molecule has 1 N–H and O–H groups in total. The van der Waals surface area contributed by atoms with E-state index in [1.54, 1.807) is 11.3 Å². The van der Waals surface area contributed by atoms with E-state index in [4.69, 9.17) is 4.42 Å². The lowest BCUT2D eigenvalue weighted by Gasteiger charge is -2.14. The molecule has 0 radical (unpaired) electrons. The van der Waals surface area contributed by atoms with Gasteiger partial charge in [0.2, 0.25) is 0 Å². The van der Waals surface area contributed by atoms with Crippen LogP contribution in [0.2, 0.25) is 0 Å². The van der Waals surface area contributed by atoms with Crippen LogP contribution in [0.1, 0.15) is 28.0 Å². The monoisotopic (exact) mass is 235 g/mol. The fourth-order valence-electron chi connectivity index (χ4n) is 1.99. The first-order valence-electron chi connectivity index (χ1n) is 5.47. The molecule has 2 aromatic heterocycles. The van der Waals surface area contributed by atoms with Gasteiger partial charge in [-0.3, -0.25) is 0 Å².